The molecule has 1 aromatic heterocycles. The Morgan fingerprint density at radius 2 is 1.75 bits per heavy atom. The molecule has 0 bridgehead atoms. The fourth-order valence-electron chi connectivity index (χ4n) is 2.78. The third-order valence-electron chi connectivity index (χ3n) is 4.38. The molecule has 0 saturated heterocycles. The lowest BCUT2D eigenvalue weighted by atomic mass is 9.94. The van der Waals surface area contributed by atoms with Crippen LogP contribution in [0, 0.1) is 0 Å². The molecule has 0 aliphatic carbocycles. The Morgan fingerprint density at radius 1 is 1.03 bits per heavy atom. The third-order valence-corrected chi connectivity index (χ3v) is 4.63. The summed E-state index contributed by atoms with van der Waals surface area (Å²) in [5.41, 5.74) is 6.41. The van der Waals surface area contributed by atoms with Gasteiger partial charge in [0.2, 0.25) is 11.7 Å². The Bertz CT molecular complexity index is 1240. The molecule has 1 aliphatic rings. The van der Waals surface area contributed by atoms with E-state index in [1.54, 1.807) is 42.6 Å². The molecule has 1 aliphatic heterocycles. The summed E-state index contributed by atoms with van der Waals surface area (Å²) in [4.78, 5) is 49.8. The van der Waals surface area contributed by atoms with Gasteiger partial charge in [-0.05, 0) is 54.1 Å². The van der Waals surface area contributed by atoms with Crippen LogP contribution in [0.5, 0.6) is 0 Å². The molecular formula is C23H16ClN3O5. The molecular weight excluding hydrogens is 434 g/mol. The predicted molar refractivity (Wildman–Crippen MR) is 119 cm³/mol. The van der Waals surface area contributed by atoms with Crippen LogP contribution in [0.1, 0.15) is 36.6 Å². The molecule has 0 fully saturated rings. The van der Waals surface area contributed by atoms with Crippen molar-refractivity contribution in [3.63, 3.8) is 0 Å². The second-order valence-electron chi connectivity index (χ2n) is 6.56. The van der Waals surface area contributed by atoms with Gasteiger partial charge in [-0.2, -0.15) is 0 Å². The number of halogens is 1. The van der Waals surface area contributed by atoms with Crippen molar-refractivity contribution in [1.29, 1.82) is 0 Å². The van der Waals surface area contributed by atoms with Crippen LogP contribution in [-0.2, 0) is 4.79 Å². The highest BCUT2D eigenvalue weighted by Crippen LogP contribution is 2.27. The molecule has 0 atom stereocenters. The Kier molecular flexibility index (Phi) is 6.77. The highest BCUT2D eigenvalue weighted by Gasteiger charge is 2.29. The zero-order valence-corrected chi connectivity index (χ0v) is 17.2. The number of fused-ring (bicyclic) bond motifs is 1. The van der Waals surface area contributed by atoms with Crippen molar-refractivity contribution in [3.8, 4) is 0 Å². The van der Waals surface area contributed by atoms with E-state index >= 15 is 0 Å². The fraction of sp³-hybridized carbons (Fsp3) is 0. The van der Waals surface area contributed by atoms with Crippen LogP contribution in [0.4, 0.5) is 5.69 Å². The molecule has 32 heavy (non-hydrogen) atoms. The van der Waals surface area contributed by atoms with Crippen molar-refractivity contribution in [2.75, 3.05) is 5.32 Å². The molecule has 160 valence electrons. The molecule has 0 saturated carbocycles. The second-order valence-corrected chi connectivity index (χ2v) is 7.00. The molecule has 4 N–H and O–H groups in total. The lowest BCUT2D eigenvalue weighted by molar-refractivity contribution is -0.112. The zero-order valence-electron chi connectivity index (χ0n) is 16.4. The van der Waals surface area contributed by atoms with E-state index in [4.69, 9.17) is 22.4 Å². The molecule has 0 radical (unpaired) electrons. The van der Waals surface area contributed by atoms with Crippen molar-refractivity contribution in [2.24, 2.45) is 5.73 Å². The number of nitrogens with two attached hydrogens (primary N) is 1. The minimum atomic E-state index is -1.14. The number of carboxylic acid groups (broad SMARTS) is 1. The first-order valence-electron chi connectivity index (χ1n) is 9.16. The molecule has 2 aromatic carbocycles. The van der Waals surface area contributed by atoms with Gasteiger partial charge in [-0.15, -0.1) is 0 Å². The summed E-state index contributed by atoms with van der Waals surface area (Å²) in [5, 5.41) is 12.2. The van der Waals surface area contributed by atoms with E-state index in [0.717, 1.165) is 0 Å². The lowest BCUT2D eigenvalue weighted by Crippen LogP contribution is -2.27. The molecule has 2 heterocycles. The SMILES string of the molecule is NC(=O)c1cccnc1.O=C1Nc2ccc(C(=O)O)cc2C(=O)/C1=C/c1ccc(Cl)cc1. The number of nitrogens with one attached hydrogen (secondary N) is 1. The number of benzene rings is 2. The molecule has 9 heteroatoms. The van der Waals surface area contributed by atoms with E-state index in [1.165, 1.54) is 30.5 Å². The molecule has 2 amide bonds. The first kappa shape index (κ1) is 22.4. The minimum Gasteiger partial charge on any atom is -0.478 e. The van der Waals surface area contributed by atoms with Gasteiger partial charge in [0.1, 0.15) is 0 Å². The van der Waals surface area contributed by atoms with Crippen LogP contribution < -0.4 is 11.1 Å². The number of aromatic carboxylic acids is 1. The van der Waals surface area contributed by atoms with Crippen molar-refractivity contribution in [1.82, 2.24) is 4.98 Å². The number of nitrogens with zero attached hydrogens (tertiary/aromatic N) is 1. The standard InChI is InChI=1S/C17H10ClNO4.C6H6N2O/c18-11-4-1-9(2-5-11)7-13-15(20)12-8-10(17(22)23)3-6-14(12)19-16(13)21;7-6(9)5-2-1-3-8-4-5/h1-8H,(H,19,21)(H,22,23);1-4H,(H2,7,9)/b13-7-;. The monoisotopic (exact) mass is 449 g/mol. The summed E-state index contributed by atoms with van der Waals surface area (Å²) < 4.78 is 0. The van der Waals surface area contributed by atoms with E-state index in [1.807, 2.05) is 0 Å². The van der Waals surface area contributed by atoms with Crippen LogP contribution >= 0.6 is 11.6 Å². The van der Waals surface area contributed by atoms with Crippen molar-refractivity contribution in [3.05, 3.63) is 99.8 Å². The van der Waals surface area contributed by atoms with Crippen molar-refractivity contribution in [2.45, 2.75) is 0 Å². The maximum Gasteiger partial charge on any atom is 0.335 e. The Hall–Kier alpha value is -4.30. The summed E-state index contributed by atoms with van der Waals surface area (Å²) in [7, 11) is 0. The number of ketones is 1. The second kappa shape index (κ2) is 9.67. The van der Waals surface area contributed by atoms with Gasteiger partial charge in [-0.25, -0.2) is 4.79 Å². The number of carbonyl (C=O) groups is 4. The lowest BCUT2D eigenvalue weighted by Gasteiger charge is -2.18. The Labute approximate surface area is 187 Å². The van der Waals surface area contributed by atoms with Crippen LogP contribution in [0.25, 0.3) is 6.08 Å². The number of anilines is 1. The van der Waals surface area contributed by atoms with Gasteiger partial charge in [0.25, 0.3) is 5.91 Å². The average Bonchev–Trinajstić information content (AvgIpc) is 2.78. The van der Waals surface area contributed by atoms with E-state index < -0.39 is 23.6 Å². The number of carboxylic acids is 1. The molecule has 8 nitrogen and oxygen atoms in total. The summed E-state index contributed by atoms with van der Waals surface area (Å²) in [6, 6.07) is 13.9. The largest absolute Gasteiger partial charge is 0.478 e. The Morgan fingerprint density at radius 3 is 2.31 bits per heavy atom. The van der Waals surface area contributed by atoms with Gasteiger partial charge in [-0.3, -0.25) is 19.4 Å². The fourth-order valence-corrected chi connectivity index (χ4v) is 2.90. The number of rotatable bonds is 3. The van der Waals surface area contributed by atoms with Crippen LogP contribution in [-0.4, -0.2) is 33.7 Å². The zero-order chi connectivity index (χ0) is 23.3. The van der Waals surface area contributed by atoms with Gasteiger partial charge < -0.3 is 16.2 Å². The first-order chi connectivity index (χ1) is 15.3. The Balaban J connectivity index is 0.000000269. The van der Waals surface area contributed by atoms with Crippen molar-refractivity contribution >= 4 is 46.9 Å². The minimum absolute atomic E-state index is 0.0147. The topological polar surface area (TPSA) is 139 Å². The molecule has 0 unspecified atom stereocenters. The van der Waals surface area contributed by atoms with Crippen molar-refractivity contribution < 1.29 is 24.3 Å². The number of Topliss-reactive ketones (excluding diaryl/α,β-unsaturated/α-hetero) is 1. The normalized spacial score (nSPS) is 13.5. The van der Waals surface area contributed by atoms with Crippen LogP contribution in [0.3, 0.4) is 0 Å². The molecule has 0 spiro atoms. The summed E-state index contributed by atoms with van der Waals surface area (Å²) in [5.74, 6) is -2.62. The molecule has 3 aromatic rings. The maximum atomic E-state index is 12.5. The average molecular weight is 450 g/mol. The number of hydrogen-bond acceptors (Lipinski definition) is 5. The van der Waals surface area contributed by atoms with Crippen LogP contribution in [0.2, 0.25) is 5.02 Å². The van der Waals surface area contributed by atoms with E-state index in [0.29, 0.717) is 21.8 Å². The van der Waals surface area contributed by atoms with Gasteiger partial charge in [0.05, 0.1) is 22.4 Å². The van der Waals surface area contributed by atoms with E-state index in [-0.39, 0.29) is 16.7 Å². The third kappa shape index (κ3) is 5.24. The quantitative estimate of drug-likeness (QED) is 0.413. The van der Waals surface area contributed by atoms with Gasteiger partial charge >= 0.3 is 5.97 Å². The number of hydrogen-bond donors (Lipinski definition) is 3. The summed E-state index contributed by atoms with van der Waals surface area (Å²) >= 11 is 5.80. The predicted octanol–water partition coefficient (Wildman–Crippen LogP) is 3.44. The van der Waals surface area contributed by atoms with Gasteiger partial charge in [0, 0.05) is 23.0 Å². The van der Waals surface area contributed by atoms with E-state index in [9.17, 15) is 19.2 Å². The van der Waals surface area contributed by atoms with E-state index in [2.05, 4.69) is 10.3 Å². The van der Waals surface area contributed by atoms with Gasteiger partial charge in [0.15, 0.2) is 0 Å². The summed E-state index contributed by atoms with van der Waals surface area (Å²) in [6.07, 6.45) is 4.47. The summed E-state index contributed by atoms with van der Waals surface area (Å²) in [6.45, 7) is 0. The smallest absolute Gasteiger partial charge is 0.335 e. The highest BCUT2D eigenvalue weighted by molar-refractivity contribution is 6.36. The maximum absolute atomic E-state index is 12.5. The number of carbonyl (C=O) groups excluding carboxylic acids is 3. The van der Waals surface area contributed by atoms with Gasteiger partial charge in [-0.1, -0.05) is 23.7 Å². The van der Waals surface area contributed by atoms with Crippen LogP contribution in [0.15, 0.2) is 72.6 Å². The number of aromatic nitrogens is 1. The first-order valence-corrected chi connectivity index (χ1v) is 9.54. The number of amides is 2. The molecule has 4 rings (SSSR count). The number of pyridine rings is 1. The highest BCUT2D eigenvalue weighted by atomic mass is 35.5. The number of primary amides is 1.